The van der Waals surface area contributed by atoms with Crippen molar-refractivity contribution in [1.29, 1.82) is 0 Å². The Balaban J connectivity index is 1.72. The third-order valence-electron chi connectivity index (χ3n) is 3.12. The van der Waals surface area contributed by atoms with Crippen LogP contribution >= 0.6 is 0 Å². The predicted octanol–water partition coefficient (Wildman–Crippen LogP) is 1.75. The van der Waals surface area contributed by atoms with Crippen LogP contribution in [-0.4, -0.2) is 31.1 Å². The summed E-state index contributed by atoms with van der Waals surface area (Å²) in [6.45, 7) is 1.84. The van der Waals surface area contributed by atoms with Crippen molar-refractivity contribution in [3.05, 3.63) is 60.4 Å². The van der Waals surface area contributed by atoms with Crippen molar-refractivity contribution in [2.45, 2.75) is 13.0 Å². The molecule has 0 unspecified atom stereocenters. The van der Waals surface area contributed by atoms with Crippen molar-refractivity contribution >= 4 is 5.91 Å². The van der Waals surface area contributed by atoms with Crippen LogP contribution in [-0.2, 0) is 0 Å². The third kappa shape index (κ3) is 2.98. The van der Waals surface area contributed by atoms with E-state index in [1.807, 2.05) is 19.1 Å². The van der Waals surface area contributed by atoms with Crippen LogP contribution in [0.15, 0.2) is 49.1 Å². The SMILES string of the molecule is C[C@H](NC(=O)c1ccncc1)c1nc(-c2cccnc2)n[nH]1. The van der Waals surface area contributed by atoms with Gasteiger partial charge >= 0.3 is 0 Å². The Morgan fingerprint density at radius 1 is 1.18 bits per heavy atom. The van der Waals surface area contributed by atoms with Crippen molar-refractivity contribution in [3.8, 4) is 11.4 Å². The van der Waals surface area contributed by atoms with Gasteiger partial charge in [-0.05, 0) is 31.2 Å². The molecule has 7 nitrogen and oxygen atoms in total. The maximum atomic E-state index is 12.1. The van der Waals surface area contributed by atoms with Crippen molar-refractivity contribution in [2.75, 3.05) is 0 Å². The van der Waals surface area contributed by atoms with Gasteiger partial charge in [0, 0.05) is 35.9 Å². The van der Waals surface area contributed by atoms with Crippen molar-refractivity contribution < 1.29 is 4.79 Å². The number of nitrogens with one attached hydrogen (secondary N) is 2. The van der Waals surface area contributed by atoms with Crippen LogP contribution in [0.1, 0.15) is 29.1 Å². The van der Waals surface area contributed by atoms with E-state index < -0.39 is 0 Å². The number of amides is 1. The Morgan fingerprint density at radius 2 is 2.00 bits per heavy atom. The first-order chi connectivity index (χ1) is 10.7. The highest BCUT2D eigenvalue weighted by Crippen LogP contribution is 2.15. The lowest BCUT2D eigenvalue weighted by atomic mass is 10.2. The summed E-state index contributed by atoms with van der Waals surface area (Å²) >= 11 is 0. The molecule has 0 saturated heterocycles. The molecule has 1 amide bonds. The molecule has 3 rings (SSSR count). The number of carbonyl (C=O) groups excluding carboxylic acids is 1. The zero-order valence-corrected chi connectivity index (χ0v) is 11.9. The first-order valence-corrected chi connectivity index (χ1v) is 6.77. The number of aromatic amines is 1. The topological polar surface area (TPSA) is 96.5 Å². The van der Waals surface area contributed by atoms with E-state index >= 15 is 0 Å². The highest BCUT2D eigenvalue weighted by atomic mass is 16.1. The number of hydrogen-bond acceptors (Lipinski definition) is 5. The molecule has 0 aliphatic carbocycles. The second-order valence-electron chi connectivity index (χ2n) is 4.72. The van der Waals surface area contributed by atoms with Crippen molar-refractivity contribution in [3.63, 3.8) is 0 Å². The number of H-pyrrole nitrogens is 1. The Bertz CT molecular complexity index is 756. The Kier molecular flexibility index (Phi) is 3.86. The summed E-state index contributed by atoms with van der Waals surface area (Å²) in [6, 6.07) is 6.71. The zero-order valence-electron chi connectivity index (χ0n) is 11.9. The van der Waals surface area contributed by atoms with Crippen LogP contribution in [0, 0.1) is 0 Å². The summed E-state index contributed by atoms with van der Waals surface area (Å²) in [5.74, 6) is 0.948. The Hall–Kier alpha value is -3.09. The largest absolute Gasteiger partial charge is 0.342 e. The highest BCUT2D eigenvalue weighted by molar-refractivity contribution is 5.94. The van der Waals surface area contributed by atoms with Gasteiger partial charge in [-0.15, -0.1) is 0 Å². The van der Waals surface area contributed by atoms with Crippen LogP contribution in [0.2, 0.25) is 0 Å². The van der Waals surface area contributed by atoms with E-state index in [1.54, 1.807) is 36.9 Å². The zero-order chi connectivity index (χ0) is 15.4. The molecule has 0 saturated carbocycles. The minimum absolute atomic E-state index is 0.186. The molecule has 0 radical (unpaired) electrons. The standard InChI is InChI=1S/C15H14N6O/c1-10(18-15(22)11-4-7-16-8-5-11)13-19-14(21-20-13)12-3-2-6-17-9-12/h2-10H,1H3,(H,18,22)(H,19,20,21)/t10-/m0/s1. The van der Waals surface area contributed by atoms with Gasteiger partial charge in [0.15, 0.2) is 5.82 Å². The first-order valence-electron chi connectivity index (χ1n) is 6.77. The lowest BCUT2D eigenvalue weighted by Crippen LogP contribution is -2.27. The number of pyridine rings is 2. The van der Waals surface area contributed by atoms with Gasteiger partial charge in [-0.1, -0.05) is 0 Å². The van der Waals surface area contributed by atoms with Gasteiger partial charge in [-0.3, -0.25) is 19.9 Å². The van der Waals surface area contributed by atoms with Gasteiger partial charge in [0.2, 0.25) is 0 Å². The number of hydrogen-bond donors (Lipinski definition) is 2. The average molecular weight is 294 g/mol. The second kappa shape index (κ2) is 6.13. The molecule has 0 bridgehead atoms. The lowest BCUT2D eigenvalue weighted by molar-refractivity contribution is 0.0938. The number of nitrogens with zero attached hydrogens (tertiary/aromatic N) is 4. The number of aromatic nitrogens is 5. The van der Waals surface area contributed by atoms with E-state index in [1.165, 1.54) is 0 Å². The summed E-state index contributed by atoms with van der Waals surface area (Å²) in [7, 11) is 0. The molecule has 0 fully saturated rings. The molecule has 0 aliphatic rings. The highest BCUT2D eigenvalue weighted by Gasteiger charge is 2.15. The molecular weight excluding hydrogens is 280 g/mol. The molecule has 3 aromatic heterocycles. The van der Waals surface area contributed by atoms with Crippen LogP contribution in [0.3, 0.4) is 0 Å². The fraction of sp³-hybridized carbons (Fsp3) is 0.133. The Morgan fingerprint density at radius 3 is 2.73 bits per heavy atom. The third-order valence-corrected chi connectivity index (χ3v) is 3.12. The van der Waals surface area contributed by atoms with Gasteiger partial charge < -0.3 is 5.32 Å². The molecule has 2 N–H and O–H groups in total. The van der Waals surface area contributed by atoms with E-state index in [-0.39, 0.29) is 11.9 Å². The molecule has 0 aliphatic heterocycles. The predicted molar refractivity (Wildman–Crippen MR) is 79.7 cm³/mol. The van der Waals surface area contributed by atoms with E-state index in [4.69, 9.17) is 0 Å². The van der Waals surface area contributed by atoms with Gasteiger partial charge in [0.05, 0.1) is 6.04 Å². The average Bonchev–Trinajstić information content (AvgIpc) is 3.06. The van der Waals surface area contributed by atoms with Crippen molar-refractivity contribution in [1.82, 2.24) is 30.5 Å². The molecule has 3 heterocycles. The summed E-state index contributed by atoms with van der Waals surface area (Å²) in [5, 5.41) is 9.86. The first kappa shape index (κ1) is 13.9. The molecule has 0 aromatic carbocycles. The fourth-order valence-corrected chi connectivity index (χ4v) is 1.94. The molecule has 7 heteroatoms. The van der Waals surface area contributed by atoms with Gasteiger partial charge in [-0.25, -0.2) is 4.98 Å². The summed E-state index contributed by atoms with van der Waals surface area (Å²) in [6.07, 6.45) is 6.53. The van der Waals surface area contributed by atoms with Gasteiger partial charge in [0.25, 0.3) is 5.91 Å². The van der Waals surface area contributed by atoms with E-state index in [0.29, 0.717) is 17.2 Å². The van der Waals surface area contributed by atoms with Gasteiger partial charge in [0.1, 0.15) is 5.82 Å². The maximum Gasteiger partial charge on any atom is 0.251 e. The van der Waals surface area contributed by atoms with Crippen LogP contribution < -0.4 is 5.32 Å². The normalized spacial score (nSPS) is 11.9. The number of carbonyl (C=O) groups is 1. The van der Waals surface area contributed by atoms with E-state index in [0.717, 1.165) is 5.56 Å². The molecule has 110 valence electrons. The maximum absolute atomic E-state index is 12.1. The van der Waals surface area contributed by atoms with Crippen LogP contribution in [0.4, 0.5) is 0 Å². The second-order valence-corrected chi connectivity index (χ2v) is 4.72. The van der Waals surface area contributed by atoms with Crippen LogP contribution in [0.25, 0.3) is 11.4 Å². The fourth-order valence-electron chi connectivity index (χ4n) is 1.94. The molecule has 22 heavy (non-hydrogen) atoms. The summed E-state index contributed by atoms with van der Waals surface area (Å²) in [5.41, 5.74) is 1.37. The quantitative estimate of drug-likeness (QED) is 0.764. The minimum atomic E-state index is -0.293. The van der Waals surface area contributed by atoms with Crippen LogP contribution in [0.5, 0.6) is 0 Å². The molecule has 0 spiro atoms. The lowest BCUT2D eigenvalue weighted by Gasteiger charge is -2.10. The van der Waals surface area contributed by atoms with Crippen molar-refractivity contribution in [2.24, 2.45) is 0 Å². The number of rotatable bonds is 4. The monoisotopic (exact) mass is 294 g/mol. The van der Waals surface area contributed by atoms with Gasteiger partial charge in [-0.2, -0.15) is 5.10 Å². The minimum Gasteiger partial charge on any atom is -0.342 e. The molecule has 1 atom stereocenters. The Labute approximate surface area is 126 Å². The summed E-state index contributed by atoms with van der Waals surface area (Å²) < 4.78 is 0. The van der Waals surface area contributed by atoms with E-state index in [2.05, 4.69) is 30.5 Å². The molecule has 3 aromatic rings. The molecular formula is C15H14N6O. The smallest absolute Gasteiger partial charge is 0.251 e. The summed E-state index contributed by atoms with van der Waals surface area (Å²) in [4.78, 5) is 24.4. The van der Waals surface area contributed by atoms with E-state index in [9.17, 15) is 4.79 Å².